The predicted octanol–water partition coefficient (Wildman–Crippen LogP) is 4.70. The Morgan fingerprint density at radius 1 is 1.07 bits per heavy atom. The van der Waals surface area contributed by atoms with Crippen LogP contribution in [-0.4, -0.2) is 41.3 Å². The Morgan fingerprint density at radius 2 is 1.86 bits per heavy atom. The highest BCUT2D eigenvalue weighted by atomic mass is 32.1. The fraction of sp³-hybridized carbons (Fsp3) is 0.368. The average molecular weight is 408 g/mol. The van der Waals surface area contributed by atoms with Crippen molar-refractivity contribution in [2.75, 3.05) is 31.1 Å². The van der Waals surface area contributed by atoms with E-state index < -0.39 is 11.7 Å². The van der Waals surface area contributed by atoms with Crippen LogP contribution in [0.5, 0.6) is 0 Å². The van der Waals surface area contributed by atoms with Gasteiger partial charge in [0.15, 0.2) is 0 Å². The second-order valence-corrected chi connectivity index (χ2v) is 7.62. The van der Waals surface area contributed by atoms with Gasteiger partial charge < -0.3 is 9.32 Å². The molecule has 0 spiro atoms. The van der Waals surface area contributed by atoms with Crippen LogP contribution in [0.1, 0.15) is 24.4 Å². The largest absolute Gasteiger partial charge is 0.418 e. The molecule has 1 aromatic carbocycles. The molecular formula is C19H19F3N4OS. The smallest absolute Gasteiger partial charge is 0.416 e. The second-order valence-electron chi connectivity index (χ2n) is 6.67. The zero-order chi connectivity index (χ0) is 19.7. The van der Waals surface area contributed by atoms with Crippen LogP contribution in [0.2, 0.25) is 0 Å². The number of hydrogen-bond donors (Lipinski definition) is 0. The van der Waals surface area contributed by atoms with Crippen LogP contribution in [0.25, 0.3) is 10.8 Å². The number of benzene rings is 1. The summed E-state index contributed by atoms with van der Waals surface area (Å²) in [5.74, 6) is 1.07. The molecule has 3 aromatic rings. The third-order valence-electron chi connectivity index (χ3n) is 4.93. The minimum atomic E-state index is -4.33. The van der Waals surface area contributed by atoms with Gasteiger partial charge >= 0.3 is 6.18 Å². The first-order valence-corrected chi connectivity index (χ1v) is 9.83. The number of hydrogen-bond acceptors (Lipinski definition) is 6. The lowest BCUT2D eigenvalue weighted by molar-refractivity contribution is -0.137. The van der Waals surface area contributed by atoms with E-state index in [1.165, 1.54) is 12.1 Å². The van der Waals surface area contributed by atoms with Gasteiger partial charge in [-0.2, -0.15) is 13.2 Å². The molecule has 1 atom stereocenters. The molecule has 1 aliphatic rings. The summed E-state index contributed by atoms with van der Waals surface area (Å²) in [6.07, 6.45) is -4.33. The predicted molar refractivity (Wildman–Crippen MR) is 101 cm³/mol. The third kappa shape index (κ3) is 3.90. The summed E-state index contributed by atoms with van der Waals surface area (Å²) >= 11 is 1.54. The molecule has 0 bridgehead atoms. The van der Waals surface area contributed by atoms with Gasteiger partial charge in [-0.1, -0.05) is 12.1 Å². The number of halogens is 3. The number of nitrogens with zero attached hydrogens (tertiary/aromatic N) is 4. The highest BCUT2D eigenvalue weighted by Crippen LogP contribution is 2.32. The molecule has 148 valence electrons. The molecule has 28 heavy (non-hydrogen) atoms. The minimum Gasteiger partial charge on any atom is -0.418 e. The van der Waals surface area contributed by atoms with Gasteiger partial charge in [0.05, 0.1) is 16.5 Å². The van der Waals surface area contributed by atoms with Crippen LogP contribution in [0.4, 0.5) is 18.9 Å². The molecule has 0 amide bonds. The lowest BCUT2D eigenvalue weighted by Crippen LogP contribution is -2.47. The van der Waals surface area contributed by atoms with Crippen LogP contribution in [-0.2, 0) is 6.18 Å². The van der Waals surface area contributed by atoms with Gasteiger partial charge in [0.2, 0.25) is 5.89 Å². The van der Waals surface area contributed by atoms with Crippen molar-refractivity contribution in [3.8, 4) is 10.8 Å². The van der Waals surface area contributed by atoms with Crippen molar-refractivity contribution in [1.82, 2.24) is 15.1 Å². The van der Waals surface area contributed by atoms with E-state index in [1.807, 2.05) is 29.3 Å². The molecule has 1 fully saturated rings. The first kappa shape index (κ1) is 18.9. The van der Waals surface area contributed by atoms with Crippen LogP contribution in [0.15, 0.2) is 46.2 Å². The van der Waals surface area contributed by atoms with E-state index >= 15 is 0 Å². The fourth-order valence-corrected chi connectivity index (χ4v) is 3.95. The first-order valence-electron chi connectivity index (χ1n) is 8.95. The molecule has 5 nitrogen and oxygen atoms in total. The molecule has 4 rings (SSSR count). The first-order chi connectivity index (χ1) is 13.4. The molecule has 1 aliphatic heterocycles. The maximum absolute atomic E-state index is 12.9. The molecule has 3 heterocycles. The number of rotatable bonds is 4. The highest BCUT2D eigenvalue weighted by molar-refractivity contribution is 7.13. The Bertz CT molecular complexity index is 917. The summed E-state index contributed by atoms with van der Waals surface area (Å²) in [4.78, 5) is 5.11. The topological polar surface area (TPSA) is 45.4 Å². The maximum atomic E-state index is 12.9. The van der Waals surface area contributed by atoms with Crippen LogP contribution in [0, 0.1) is 0 Å². The minimum absolute atomic E-state index is 0.0510. The van der Waals surface area contributed by atoms with E-state index in [2.05, 4.69) is 15.1 Å². The lowest BCUT2D eigenvalue weighted by atomic mass is 10.1. The normalized spacial score (nSPS) is 17.1. The summed E-state index contributed by atoms with van der Waals surface area (Å²) < 4.78 is 44.7. The molecule has 2 aromatic heterocycles. The second kappa shape index (κ2) is 7.56. The molecule has 0 saturated carbocycles. The van der Waals surface area contributed by atoms with Gasteiger partial charge in [0.25, 0.3) is 5.89 Å². The van der Waals surface area contributed by atoms with Crippen molar-refractivity contribution in [2.45, 2.75) is 19.1 Å². The van der Waals surface area contributed by atoms with Crippen molar-refractivity contribution in [3.63, 3.8) is 0 Å². The van der Waals surface area contributed by atoms with Crippen molar-refractivity contribution in [3.05, 3.63) is 53.2 Å². The van der Waals surface area contributed by atoms with Gasteiger partial charge in [-0.15, -0.1) is 21.5 Å². The quantitative estimate of drug-likeness (QED) is 0.626. The molecule has 0 radical (unpaired) electrons. The van der Waals surface area contributed by atoms with Crippen molar-refractivity contribution in [1.29, 1.82) is 0 Å². The summed E-state index contributed by atoms with van der Waals surface area (Å²) in [6, 6.07) is 9.30. The van der Waals surface area contributed by atoms with Gasteiger partial charge in [-0.05, 0) is 36.6 Å². The fourth-order valence-electron chi connectivity index (χ4n) is 3.31. The molecule has 1 unspecified atom stereocenters. The van der Waals surface area contributed by atoms with E-state index in [4.69, 9.17) is 4.42 Å². The van der Waals surface area contributed by atoms with E-state index in [9.17, 15) is 13.2 Å². The Hall–Kier alpha value is -2.39. The van der Waals surface area contributed by atoms with Crippen LogP contribution < -0.4 is 4.90 Å². The molecule has 0 N–H and O–H groups in total. The van der Waals surface area contributed by atoms with E-state index in [-0.39, 0.29) is 6.04 Å². The lowest BCUT2D eigenvalue weighted by Gasteiger charge is -2.38. The summed E-state index contributed by atoms with van der Waals surface area (Å²) in [7, 11) is 0. The Morgan fingerprint density at radius 3 is 2.54 bits per heavy atom. The third-order valence-corrected chi connectivity index (χ3v) is 5.79. The Balaban J connectivity index is 1.40. The standard InChI is InChI=1S/C19H19F3N4OS/c1-13(17-23-24-18(27-17)16-6-3-11-28-16)25-7-9-26(10-8-25)15-5-2-4-14(12-15)19(20,21)22/h2-6,11-13H,7-10H2,1H3. The van der Waals surface area contributed by atoms with E-state index in [0.29, 0.717) is 43.6 Å². The monoisotopic (exact) mass is 408 g/mol. The number of aromatic nitrogens is 2. The number of anilines is 1. The molecular weight excluding hydrogens is 389 g/mol. The molecule has 9 heteroatoms. The number of alkyl halides is 3. The molecule has 0 aliphatic carbocycles. The molecule has 1 saturated heterocycles. The van der Waals surface area contributed by atoms with E-state index in [0.717, 1.165) is 10.9 Å². The van der Waals surface area contributed by atoms with Gasteiger partial charge in [-0.25, -0.2) is 0 Å². The Kier molecular flexibility index (Phi) is 5.11. The summed E-state index contributed by atoms with van der Waals surface area (Å²) in [5, 5.41) is 10.2. The van der Waals surface area contributed by atoms with Gasteiger partial charge in [0.1, 0.15) is 0 Å². The van der Waals surface area contributed by atoms with Crippen LogP contribution in [0.3, 0.4) is 0 Å². The summed E-state index contributed by atoms with van der Waals surface area (Å²) in [6.45, 7) is 4.68. The number of thiophene rings is 1. The van der Waals surface area contributed by atoms with Crippen LogP contribution >= 0.6 is 11.3 Å². The SMILES string of the molecule is CC(c1nnc(-c2cccs2)o1)N1CCN(c2cccc(C(F)(F)F)c2)CC1. The van der Waals surface area contributed by atoms with Gasteiger partial charge in [0, 0.05) is 31.9 Å². The van der Waals surface area contributed by atoms with Crippen molar-refractivity contribution in [2.24, 2.45) is 0 Å². The summed E-state index contributed by atoms with van der Waals surface area (Å²) in [5.41, 5.74) is -0.0207. The highest BCUT2D eigenvalue weighted by Gasteiger charge is 2.31. The zero-order valence-corrected chi connectivity index (χ0v) is 16.0. The Labute approximate surface area is 164 Å². The zero-order valence-electron chi connectivity index (χ0n) is 15.2. The van der Waals surface area contributed by atoms with Gasteiger partial charge in [-0.3, -0.25) is 4.90 Å². The maximum Gasteiger partial charge on any atom is 0.416 e. The van der Waals surface area contributed by atoms with Crippen molar-refractivity contribution >= 4 is 17.0 Å². The van der Waals surface area contributed by atoms with Crippen molar-refractivity contribution < 1.29 is 17.6 Å². The van der Waals surface area contributed by atoms with E-state index in [1.54, 1.807) is 17.4 Å². The number of piperazine rings is 1. The average Bonchev–Trinajstić information content (AvgIpc) is 3.39.